The van der Waals surface area contributed by atoms with E-state index in [4.69, 9.17) is 0 Å². The van der Waals surface area contributed by atoms with Crippen molar-refractivity contribution >= 4 is 71.7 Å². The maximum absolute atomic E-state index is 13.0. The number of nitrogens with zero attached hydrogens (tertiary/aromatic N) is 2. The predicted molar refractivity (Wildman–Crippen MR) is 149 cm³/mol. The molecule has 7 heteroatoms. The van der Waals surface area contributed by atoms with Gasteiger partial charge in [-0.05, 0) is 73.5 Å². The average molecular weight is 607 g/mol. The van der Waals surface area contributed by atoms with Gasteiger partial charge in [0, 0.05) is 45.1 Å². The molecule has 5 nitrogen and oxygen atoms in total. The molecule has 0 spiro atoms. The van der Waals surface area contributed by atoms with Crippen LogP contribution in [0.1, 0.15) is 25.0 Å². The summed E-state index contributed by atoms with van der Waals surface area (Å²) in [6.07, 6.45) is 8.98. The van der Waals surface area contributed by atoms with E-state index in [1.165, 1.54) is 0 Å². The third-order valence-corrected chi connectivity index (χ3v) is 7.50. The largest absolute Gasteiger partial charge is 0.506 e. The maximum Gasteiger partial charge on any atom is 0.237 e. The van der Waals surface area contributed by atoms with Crippen LogP contribution in [-0.4, -0.2) is 23.2 Å². The number of carbonyl (C=O) groups excluding carboxylic acids is 2. The van der Waals surface area contributed by atoms with Crippen LogP contribution in [0.3, 0.4) is 0 Å². The number of fused-ring (bicyclic) bond motifs is 2. The second-order valence-corrected chi connectivity index (χ2v) is 10.4. The van der Waals surface area contributed by atoms with Crippen LogP contribution in [-0.2, 0) is 16.1 Å². The first-order valence-electron chi connectivity index (χ1n) is 11.6. The lowest BCUT2D eigenvalue weighted by atomic mass is 9.97. The summed E-state index contributed by atoms with van der Waals surface area (Å²) in [5, 5.41) is 12.0. The maximum atomic E-state index is 13.0. The summed E-state index contributed by atoms with van der Waals surface area (Å²) in [5.74, 6) is -1.71. The SMILES string of the molecule is CCN1C=C/C(=C\C2=C(O)C(=C\c3cc[n+](CC)c4ccc(Br)cc34)/C(=O)C2=O)c2cc(Br)ccc21. The van der Waals surface area contributed by atoms with Crippen molar-refractivity contribution in [2.75, 3.05) is 11.4 Å². The van der Waals surface area contributed by atoms with Crippen LogP contribution in [0.25, 0.3) is 22.6 Å². The van der Waals surface area contributed by atoms with E-state index in [9.17, 15) is 14.7 Å². The lowest BCUT2D eigenvalue weighted by molar-refractivity contribution is -0.667. The Morgan fingerprint density at radius 1 is 0.972 bits per heavy atom. The summed E-state index contributed by atoms with van der Waals surface area (Å²) >= 11 is 7.04. The molecule has 0 saturated heterocycles. The van der Waals surface area contributed by atoms with Gasteiger partial charge in [0.15, 0.2) is 6.20 Å². The lowest BCUT2D eigenvalue weighted by Gasteiger charge is -2.26. The number of hydrogen-bond donors (Lipinski definition) is 1. The van der Waals surface area contributed by atoms with Crippen molar-refractivity contribution < 1.29 is 19.3 Å². The van der Waals surface area contributed by atoms with Crippen molar-refractivity contribution in [2.24, 2.45) is 0 Å². The molecular weight excluding hydrogens is 584 g/mol. The molecule has 1 aliphatic heterocycles. The van der Waals surface area contributed by atoms with E-state index in [-0.39, 0.29) is 16.9 Å². The summed E-state index contributed by atoms with van der Waals surface area (Å²) in [5.41, 5.74) is 4.41. The minimum atomic E-state index is -0.709. The molecule has 0 amide bonds. The van der Waals surface area contributed by atoms with Crippen LogP contribution in [0.15, 0.2) is 92.9 Å². The Morgan fingerprint density at radius 2 is 1.72 bits per heavy atom. The van der Waals surface area contributed by atoms with Crippen LogP contribution in [0.4, 0.5) is 5.69 Å². The number of allylic oxidation sites excluding steroid dienone is 5. The minimum Gasteiger partial charge on any atom is -0.506 e. The fourth-order valence-electron chi connectivity index (χ4n) is 4.65. The zero-order chi connectivity index (χ0) is 25.6. The number of hydrogen-bond acceptors (Lipinski definition) is 4. The van der Waals surface area contributed by atoms with Gasteiger partial charge in [-0.2, -0.15) is 4.57 Å². The zero-order valence-electron chi connectivity index (χ0n) is 19.8. The van der Waals surface area contributed by atoms with Crippen molar-refractivity contribution in [1.82, 2.24) is 0 Å². The third kappa shape index (κ3) is 4.16. The monoisotopic (exact) mass is 605 g/mol. The lowest BCUT2D eigenvalue weighted by Crippen LogP contribution is -2.32. The van der Waals surface area contributed by atoms with Crippen molar-refractivity contribution in [3.05, 3.63) is 104 Å². The fourth-order valence-corrected chi connectivity index (χ4v) is 5.37. The number of rotatable bonds is 4. The molecule has 0 fully saturated rings. The molecule has 2 aliphatic rings. The molecule has 1 aliphatic carbocycles. The number of aliphatic hydroxyl groups is 1. The number of carbonyl (C=O) groups is 2. The Bertz CT molecular complexity index is 1580. The van der Waals surface area contributed by atoms with Crippen molar-refractivity contribution in [1.29, 1.82) is 0 Å². The minimum absolute atomic E-state index is 0.00631. The average Bonchev–Trinajstić information content (AvgIpc) is 3.07. The Morgan fingerprint density at radius 3 is 2.47 bits per heavy atom. The second kappa shape index (κ2) is 9.64. The van der Waals surface area contributed by atoms with Crippen LogP contribution < -0.4 is 9.47 Å². The van der Waals surface area contributed by atoms with Crippen LogP contribution >= 0.6 is 31.9 Å². The van der Waals surface area contributed by atoms with Gasteiger partial charge in [-0.25, -0.2) is 0 Å². The summed E-state index contributed by atoms with van der Waals surface area (Å²) < 4.78 is 3.90. The standard InChI is InChI=1S/C29H22Br2N2O3/c1-3-32-11-9-17(21-15-19(30)5-7-25(21)32)13-23-27(34)24(29(36)28(23)35)14-18-10-12-33(4-2)26-8-6-20(31)16-22(18)26/h5-16H,3-4H2,1-2H3/p+1. The number of Topliss-reactive ketones (excluding diaryl/α,β-unsaturated/α-hetero) is 2. The summed E-state index contributed by atoms with van der Waals surface area (Å²) in [7, 11) is 0. The molecule has 0 bridgehead atoms. The van der Waals surface area contributed by atoms with Gasteiger partial charge in [0.2, 0.25) is 17.1 Å². The molecule has 3 aromatic rings. The molecule has 0 saturated carbocycles. The van der Waals surface area contributed by atoms with Crippen molar-refractivity contribution in [2.45, 2.75) is 20.4 Å². The summed E-state index contributed by atoms with van der Waals surface area (Å²) in [6, 6.07) is 13.8. The topological polar surface area (TPSA) is 61.5 Å². The Balaban J connectivity index is 1.64. The van der Waals surface area contributed by atoms with E-state index < -0.39 is 11.6 Å². The third-order valence-electron chi connectivity index (χ3n) is 6.51. The molecule has 5 rings (SSSR count). The van der Waals surface area contributed by atoms with Gasteiger partial charge in [0.25, 0.3) is 0 Å². The molecule has 0 unspecified atom stereocenters. The highest BCUT2D eigenvalue weighted by Gasteiger charge is 2.36. The Kier molecular flexibility index (Phi) is 6.53. The number of aryl methyl sites for hydroxylation is 1. The van der Waals surface area contributed by atoms with Gasteiger partial charge in [0.05, 0.1) is 16.5 Å². The smallest absolute Gasteiger partial charge is 0.237 e. The fraction of sp³-hybridized carbons (Fsp3) is 0.138. The molecule has 0 radical (unpaired) electrons. The van der Waals surface area contributed by atoms with Crippen molar-refractivity contribution in [3.63, 3.8) is 0 Å². The van der Waals surface area contributed by atoms with Crippen LogP contribution in [0.2, 0.25) is 0 Å². The number of halogens is 2. The number of pyridine rings is 1. The Labute approximate surface area is 226 Å². The molecule has 36 heavy (non-hydrogen) atoms. The van der Waals surface area contributed by atoms with Gasteiger partial charge in [-0.3, -0.25) is 9.59 Å². The first-order valence-corrected chi connectivity index (χ1v) is 13.2. The van der Waals surface area contributed by atoms with Gasteiger partial charge < -0.3 is 10.0 Å². The van der Waals surface area contributed by atoms with E-state index in [2.05, 4.69) is 55.2 Å². The number of anilines is 1. The molecule has 180 valence electrons. The van der Waals surface area contributed by atoms with Gasteiger partial charge in [-0.1, -0.05) is 31.9 Å². The van der Waals surface area contributed by atoms with Crippen LogP contribution in [0.5, 0.6) is 0 Å². The highest BCUT2D eigenvalue weighted by atomic mass is 79.9. The van der Waals surface area contributed by atoms with E-state index in [0.717, 1.165) is 55.3 Å². The van der Waals surface area contributed by atoms with E-state index in [1.54, 1.807) is 12.2 Å². The molecule has 2 heterocycles. The molecular formula is C29H23Br2N2O3+. The van der Waals surface area contributed by atoms with Gasteiger partial charge in [-0.15, -0.1) is 0 Å². The number of aliphatic hydroxyl groups excluding tert-OH is 1. The second-order valence-electron chi connectivity index (χ2n) is 8.56. The molecule has 2 aromatic carbocycles. The van der Waals surface area contributed by atoms with E-state index >= 15 is 0 Å². The van der Waals surface area contributed by atoms with Gasteiger partial charge >= 0.3 is 0 Å². The highest BCUT2D eigenvalue weighted by molar-refractivity contribution is 9.10. The molecule has 1 aromatic heterocycles. The number of benzene rings is 2. The van der Waals surface area contributed by atoms with Gasteiger partial charge in [0.1, 0.15) is 12.3 Å². The predicted octanol–water partition coefficient (Wildman–Crippen LogP) is 6.46. The zero-order valence-corrected chi connectivity index (χ0v) is 22.9. The van der Waals surface area contributed by atoms with Crippen molar-refractivity contribution in [3.8, 4) is 0 Å². The first-order chi connectivity index (χ1) is 17.3. The number of ketones is 2. The normalized spacial score (nSPS) is 17.7. The van der Waals surface area contributed by atoms with E-state index in [0.29, 0.717) is 0 Å². The summed E-state index contributed by atoms with van der Waals surface area (Å²) in [6.45, 7) is 5.69. The van der Waals surface area contributed by atoms with E-state index in [1.807, 2.05) is 60.9 Å². The quantitative estimate of drug-likeness (QED) is 0.210. The molecule has 1 N–H and O–H groups in total. The number of aromatic nitrogens is 1. The Hall–Kier alpha value is -3.29. The van der Waals surface area contributed by atoms with Crippen LogP contribution in [0, 0.1) is 0 Å². The molecule has 0 atom stereocenters. The first kappa shape index (κ1) is 24.4. The summed E-state index contributed by atoms with van der Waals surface area (Å²) in [4.78, 5) is 28.1. The highest BCUT2D eigenvalue weighted by Crippen LogP contribution is 2.37.